The molecule has 5 unspecified atom stereocenters. The van der Waals surface area contributed by atoms with Crippen LogP contribution in [0.1, 0.15) is 25.8 Å². The van der Waals surface area contributed by atoms with Gasteiger partial charge < -0.3 is 14.8 Å². The van der Waals surface area contributed by atoms with Gasteiger partial charge in [0.05, 0.1) is 24.7 Å². The first-order valence-corrected chi connectivity index (χ1v) is 8.60. The van der Waals surface area contributed by atoms with E-state index in [0.717, 1.165) is 0 Å². The van der Waals surface area contributed by atoms with Gasteiger partial charge >= 0.3 is 0 Å². The molecular weight excluding hydrogens is 369 g/mol. The molecule has 0 spiro atoms. The van der Waals surface area contributed by atoms with Crippen molar-refractivity contribution in [3.63, 3.8) is 0 Å². The van der Waals surface area contributed by atoms with Gasteiger partial charge in [-0.1, -0.05) is 18.5 Å². The number of aliphatic hydroxyl groups is 2. The van der Waals surface area contributed by atoms with Crippen molar-refractivity contribution in [3.8, 4) is 0 Å². The van der Waals surface area contributed by atoms with Crippen molar-refractivity contribution in [3.05, 3.63) is 16.8 Å². The molecule has 0 bridgehead atoms. The Balaban J connectivity index is 1.75. The number of halogens is 2. The number of aliphatic hydroxyl groups excluding tert-OH is 2. The average molecular weight is 384 g/mol. The van der Waals surface area contributed by atoms with Crippen molar-refractivity contribution in [1.82, 2.24) is 19.5 Å². The summed E-state index contributed by atoms with van der Waals surface area (Å²) in [7, 11) is 0. The molecule has 2 aliphatic rings. The molecule has 1 aliphatic carbocycles. The Morgan fingerprint density at radius 1 is 1.28 bits per heavy atom. The Labute approximate surface area is 152 Å². The molecule has 2 aromatic rings. The maximum atomic E-state index is 10.6. The molecule has 0 aromatic carbocycles. The summed E-state index contributed by atoms with van der Waals surface area (Å²) in [4.78, 5) is 12.2. The summed E-state index contributed by atoms with van der Waals surface area (Å²) < 4.78 is 1.68. The molecular formula is C14H15Cl2N7O2. The maximum absolute atomic E-state index is 10.6. The van der Waals surface area contributed by atoms with Crippen molar-refractivity contribution in [2.24, 2.45) is 21.4 Å². The van der Waals surface area contributed by atoms with E-state index in [-0.39, 0.29) is 16.4 Å². The van der Waals surface area contributed by atoms with Gasteiger partial charge in [0.2, 0.25) is 5.28 Å². The lowest BCUT2D eigenvalue weighted by molar-refractivity contribution is -0.00207. The van der Waals surface area contributed by atoms with Crippen LogP contribution in [0.4, 0.5) is 0 Å². The highest BCUT2D eigenvalue weighted by molar-refractivity contribution is 6.35. The fourth-order valence-corrected chi connectivity index (χ4v) is 4.16. The molecule has 2 aromatic heterocycles. The summed E-state index contributed by atoms with van der Waals surface area (Å²) >= 11 is 12.0. The lowest BCUT2D eigenvalue weighted by atomic mass is 9.80. The van der Waals surface area contributed by atoms with Crippen LogP contribution in [0, 0.1) is 5.92 Å². The van der Waals surface area contributed by atoms with Crippen molar-refractivity contribution in [2.45, 2.75) is 43.6 Å². The summed E-state index contributed by atoms with van der Waals surface area (Å²) in [5.41, 5.74) is 0.0909. The first-order valence-electron chi connectivity index (χ1n) is 7.85. The second-order valence-electron chi connectivity index (χ2n) is 6.28. The minimum absolute atomic E-state index is 0.00871. The summed E-state index contributed by atoms with van der Waals surface area (Å²) in [6.07, 6.45) is 2.21. The number of hydrogen-bond acceptors (Lipinski definition) is 8. The number of aromatic nitrogens is 4. The molecule has 1 aliphatic heterocycles. The molecule has 25 heavy (non-hydrogen) atoms. The van der Waals surface area contributed by atoms with E-state index in [1.807, 2.05) is 6.92 Å². The fraction of sp³-hybridized carbons (Fsp3) is 0.571. The van der Waals surface area contributed by atoms with Crippen LogP contribution in [0.15, 0.2) is 21.8 Å². The van der Waals surface area contributed by atoms with Crippen LogP contribution in [-0.2, 0) is 0 Å². The summed E-state index contributed by atoms with van der Waals surface area (Å²) in [6, 6.07) is -0.459. The molecule has 4 rings (SSSR count). The highest BCUT2D eigenvalue weighted by atomic mass is 35.5. The molecule has 9 nitrogen and oxygen atoms in total. The maximum Gasteiger partial charge on any atom is 0.225 e. The SMILES string of the molecule is CCC1(C2CC(n3cnc4c(Cl)nc(Cl)nc43)C(O)C2O)C=NN=N1. The Morgan fingerprint density at radius 3 is 2.76 bits per heavy atom. The zero-order valence-corrected chi connectivity index (χ0v) is 14.7. The van der Waals surface area contributed by atoms with Crippen molar-refractivity contribution < 1.29 is 10.2 Å². The van der Waals surface area contributed by atoms with E-state index in [0.29, 0.717) is 24.0 Å². The molecule has 11 heteroatoms. The fourth-order valence-electron chi connectivity index (χ4n) is 3.74. The molecule has 1 saturated carbocycles. The van der Waals surface area contributed by atoms with Crippen LogP contribution in [0.25, 0.3) is 11.2 Å². The van der Waals surface area contributed by atoms with E-state index in [4.69, 9.17) is 23.2 Å². The van der Waals surface area contributed by atoms with Gasteiger partial charge in [-0.2, -0.15) is 10.1 Å². The third-order valence-electron chi connectivity index (χ3n) is 5.13. The third-order valence-corrected chi connectivity index (χ3v) is 5.57. The van der Waals surface area contributed by atoms with Gasteiger partial charge in [-0.05, 0) is 29.7 Å². The van der Waals surface area contributed by atoms with Crippen LogP contribution >= 0.6 is 23.2 Å². The minimum Gasteiger partial charge on any atom is -0.390 e. The summed E-state index contributed by atoms with van der Waals surface area (Å²) in [6.45, 7) is 1.95. The van der Waals surface area contributed by atoms with Gasteiger partial charge in [0, 0.05) is 5.92 Å². The van der Waals surface area contributed by atoms with E-state index in [1.54, 1.807) is 10.8 Å². The highest BCUT2D eigenvalue weighted by Gasteiger charge is 2.53. The van der Waals surface area contributed by atoms with Gasteiger partial charge in [-0.15, -0.1) is 5.10 Å². The van der Waals surface area contributed by atoms with Gasteiger partial charge in [0.1, 0.15) is 17.2 Å². The quantitative estimate of drug-likeness (QED) is 0.619. The predicted molar refractivity (Wildman–Crippen MR) is 90.9 cm³/mol. The number of fused-ring (bicyclic) bond motifs is 1. The third kappa shape index (κ3) is 2.45. The van der Waals surface area contributed by atoms with Gasteiger partial charge in [0.15, 0.2) is 10.8 Å². The first-order chi connectivity index (χ1) is 12.0. The van der Waals surface area contributed by atoms with E-state index in [2.05, 4.69) is 30.4 Å². The van der Waals surface area contributed by atoms with Crippen molar-refractivity contribution >= 4 is 40.6 Å². The molecule has 0 amide bonds. The molecule has 5 atom stereocenters. The Kier molecular flexibility index (Phi) is 3.99. The lowest BCUT2D eigenvalue weighted by Crippen LogP contribution is -2.42. The zero-order valence-electron chi connectivity index (χ0n) is 13.2. The predicted octanol–water partition coefficient (Wildman–Crippen LogP) is 2.02. The lowest BCUT2D eigenvalue weighted by Gasteiger charge is -2.29. The van der Waals surface area contributed by atoms with Crippen LogP contribution in [-0.4, -0.2) is 53.7 Å². The highest BCUT2D eigenvalue weighted by Crippen LogP contribution is 2.45. The van der Waals surface area contributed by atoms with E-state index in [1.165, 1.54) is 6.33 Å². The Bertz CT molecular complexity index is 871. The van der Waals surface area contributed by atoms with E-state index < -0.39 is 23.8 Å². The molecule has 0 saturated heterocycles. The van der Waals surface area contributed by atoms with Crippen molar-refractivity contribution in [2.75, 3.05) is 0 Å². The number of rotatable bonds is 3. The summed E-state index contributed by atoms with van der Waals surface area (Å²) in [5, 5.41) is 33.1. The van der Waals surface area contributed by atoms with Gasteiger partial charge in [0.25, 0.3) is 0 Å². The molecule has 3 heterocycles. The topological polar surface area (TPSA) is 121 Å². The van der Waals surface area contributed by atoms with Crippen LogP contribution < -0.4 is 0 Å². The van der Waals surface area contributed by atoms with E-state index >= 15 is 0 Å². The molecule has 1 fully saturated rings. The summed E-state index contributed by atoms with van der Waals surface area (Å²) in [5.74, 6) is -0.335. The zero-order chi connectivity index (χ0) is 17.8. The minimum atomic E-state index is -1.03. The second kappa shape index (κ2) is 5.94. The monoisotopic (exact) mass is 383 g/mol. The standard InChI is InChI=1S/C14H15Cl2N7O2/c1-2-14(4-18-22-21-14)6-3-7(10(25)9(6)24)23-5-17-8-11(15)19-13(16)20-12(8)23/h4-7,9-10,24-25H,2-3H2,1H3. The van der Waals surface area contributed by atoms with Crippen LogP contribution in [0.3, 0.4) is 0 Å². The normalized spacial score (nSPS) is 34.4. The van der Waals surface area contributed by atoms with E-state index in [9.17, 15) is 10.2 Å². The van der Waals surface area contributed by atoms with Gasteiger partial charge in [-0.3, -0.25) is 0 Å². The van der Waals surface area contributed by atoms with Crippen LogP contribution in [0.5, 0.6) is 0 Å². The number of imidazole rings is 1. The Hall–Kier alpha value is -1.68. The molecule has 132 valence electrons. The van der Waals surface area contributed by atoms with Crippen LogP contribution in [0.2, 0.25) is 10.4 Å². The van der Waals surface area contributed by atoms with Gasteiger partial charge in [-0.25, -0.2) is 9.97 Å². The first kappa shape index (κ1) is 16.8. The Morgan fingerprint density at radius 2 is 2.08 bits per heavy atom. The number of hydrogen-bond donors (Lipinski definition) is 2. The number of nitrogens with zero attached hydrogens (tertiary/aromatic N) is 7. The average Bonchev–Trinajstić information content (AvgIpc) is 3.28. The second-order valence-corrected chi connectivity index (χ2v) is 6.97. The molecule has 0 radical (unpaired) electrons. The molecule has 2 N–H and O–H groups in total. The smallest absolute Gasteiger partial charge is 0.225 e. The van der Waals surface area contributed by atoms with Crippen molar-refractivity contribution in [1.29, 1.82) is 0 Å². The largest absolute Gasteiger partial charge is 0.390 e.